The van der Waals surface area contributed by atoms with Gasteiger partial charge in [-0.3, -0.25) is 9.59 Å². The zero-order chi connectivity index (χ0) is 21.2. The summed E-state index contributed by atoms with van der Waals surface area (Å²) >= 11 is 0. The molecule has 2 fully saturated rings. The van der Waals surface area contributed by atoms with Gasteiger partial charge in [-0.1, -0.05) is 44.2 Å². The smallest absolute Gasteiger partial charge is 0.227 e. The molecule has 2 aromatic rings. The molecule has 0 radical (unpaired) electrons. The van der Waals surface area contributed by atoms with Gasteiger partial charge in [0.1, 0.15) is 11.5 Å². The van der Waals surface area contributed by atoms with Crippen LogP contribution in [0.25, 0.3) is 11.3 Å². The normalized spacial score (nSPS) is 19.9. The van der Waals surface area contributed by atoms with E-state index >= 15 is 0 Å². The van der Waals surface area contributed by atoms with Gasteiger partial charge in [0.05, 0.1) is 0 Å². The van der Waals surface area contributed by atoms with Crippen molar-refractivity contribution in [3.05, 3.63) is 41.7 Å². The van der Waals surface area contributed by atoms with Crippen LogP contribution in [0, 0.1) is 11.8 Å². The Morgan fingerprint density at radius 3 is 2.48 bits per heavy atom. The molecular weight excluding hydrogens is 388 g/mol. The first-order valence-corrected chi connectivity index (χ1v) is 12.0. The summed E-state index contributed by atoms with van der Waals surface area (Å²) in [4.78, 5) is 27.5. The van der Waals surface area contributed by atoms with E-state index in [1.807, 2.05) is 29.2 Å². The molecule has 2 aliphatic carbocycles. The van der Waals surface area contributed by atoms with Gasteiger partial charge in [-0.25, -0.2) is 0 Å². The molecule has 3 aliphatic rings. The number of nitrogens with one attached hydrogen (secondary N) is 1. The van der Waals surface area contributed by atoms with Crippen molar-refractivity contribution in [2.75, 3.05) is 11.9 Å². The van der Waals surface area contributed by atoms with Gasteiger partial charge in [0.25, 0.3) is 0 Å². The topological polar surface area (TPSA) is 62.6 Å². The monoisotopic (exact) mass is 420 g/mol. The Balaban J connectivity index is 1.28. The van der Waals surface area contributed by atoms with Crippen molar-refractivity contribution in [2.24, 2.45) is 11.8 Å². The van der Waals surface area contributed by atoms with Gasteiger partial charge in [0, 0.05) is 48.2 Å². The lowest BCUT2D eigenvalue weighted by molar-refractivity contribution is -0.137. The SMILES string of the molecule is O=C(Nc1cccc(-c2cc3c(o2)CCN(C(=O)C2CCCCC2)C3)c1)C1CCCC1. The molecule has 2 heterocycles. The molecule has 5 nitrogen and oxygen atoms in total. The predicted molar refractivity (Wildman–Crippen MR) is 120 cm³/mol. The van der Waals surface area contributed by atoms with E-state index in [0.29, 0.717) is 12.5 Å². The van der Waals surface area contributed by atoms with Crippen molar-refractivity contribution in [3.63, 3.8) is 0 Å². The number of amides is 2. The fourth-order valence-corrected chi connectivity index (χ4v) is 5.45. The van der Waals surface area contributed by atoms with Gasteiger partial charge in [-0.15, -0.1) is 0 Å². The number of nitrogens with zero attached hydrogens (tertiary/aromatic N) is 1. The van der Waals surface area contributed by atoms with E-state index in [4.69, 9.17) is 4.42 Å². The number of anilines is 1. The maximum absolute atomic E-state index is 13.0. The van der Waals surface area contributed by atoms with Gasteiger partial charge < -0.3 is 14.6 Å². The summed E-state index contributed by atoms with van der Waals surface area (Å²) in [7, 11) is 0. The Kier molecular flexibility index (Phi) is 5.84. The van der Waals surface area contributed by atoms with Crippen molar-refractivity contribution in [3.8, 4) is 11.3 Å². The molecule has 1 aliphatic heterocycles. The van der Waals surface area contributed by atoms with E-state index in [9.17, 15) is 9.59 Å². The Hall–Kier alpha value is -2.56. The number of rotatable bonds is 4. The molecule has 1 aromatic heterocycles. The summed E-state index contributed by atoms with van der Waals surface area (Å²) in [5.74, 6) is 2.61. The van der Waals surface area contributed by atoms with Crippen LogP contribution in [0.4, 0.5) is 5.69 Å². The maximum Gasteiger partial charge on any atom is 0.227 e. The molecule has 0 spiro atoms. The number of benzene rings is 1. The van der Waals surface area contributed by atoms with Crippen LogP contribution >= 0.6 is 0 Å². The second-order valence-electron chi connectivity index (χ2n) is 9.46. The van der Waals surface area contributed by atoms with Crippen LogP contribution < -0.4 is 5.32 Å². The standard InChI is InChI=1S/C26H32N2O3/c29-25(18-7-4-5-8-18)27-22-12-6-11-20(15-22)24-16-21-17-28(14-13-23(21)31-24)26(30)19-9-2-1-3-10-19/h6,11-12,15-16,18-19H,1-5,7-10,13-14,17H2,(H,27,29). The molecule has 1 aromatic carbocycles. The summed E-state index contributed by atoms with van der Waals surface area (Å²) in [5, 5.41) is 3.08. The van der Waals surface area contributed by atoms with Crippen LogP contribution in [-0.2, 0) is 22.6 Å². The molecule has 2 amide bonds. The quantitative estimate of drug-likeness (QED) is 0.706. The predicted octanol–water partition coefficient (Wildman–Crippen LogP) is 5.54. The first-order chi connectivity index (χ1) is 15.2. The second-order valence-corrected chi connectivity index (χ2v) is 9.46. The van der Waals surface area contributed by atoms with Crippen molar-refractivity contribution in [1.29, 1.82) is 0 Å². The van der Waals surface area contributed by atoms with E-state index in [0.717, 1.165) is 79.8 Å². The summed E-state index contributed by atoms with van der Waals surface area (Å²) < 4.78 is 6.17. The minimum Gasteiger partial charge on any atom is -0.461 e. The molecule has 0 bridgehead atoms. The van der Waals surface area contributed by atoms with Crippen molar-refractivity contribution >= 4 is 17.5 Å². The summed E-state index contributed by atoms with van der Waals surface area (Å²) in [6.07, 6.45) is 10.8. The van der Waals surface area contributed by atoms with Crippen LogP contribution in [0.2, 0.25) is 0 Å². The second kappa shape index (κ2) is 8.89. The zero-order valence-electron chi connectivity index (χ0n) is 18.2. The molecule has 0 atom stereocenters. The summed E-state index contributed by atoms with van der Waals surface area (Å²) in [6, 6.07) is 9.97. The highest BCUT2D eigenvalue weighted by Crippen LogP contribution is 2.33. The average Bonchev–Trinajstić information content (AvgIpc) is 3.49. The van der Waals surface area contributed by atoms with E-state index < -0.39 is 0 Å². The first kappa shape index (κ1) is 20.3. The lowest BCUT2D eigenvalue weighted by Crippen LogP contribution is -2.40. The van der Waals surface area contributed by atoms with E-state index in [1.54, 1.807) is 0 Å². The molecule has 5 heteroatoms. The Morgan fingerprint density at radius 2 is 1.68 bits per heavy atom. The van der Waals surface area contributed by atoms with Crippen LogP contribution in [0.1, 0.15) is 69.1 Å². The molecule has 1 N–H and O–H groups in total. The van der Waals surface area contributed by atoms with Crippen molar-refractivity contribution in [1.82, 2.24) is 4.90 Å². The highest BCUT2D eigenvalue weighted by atomic mass is 16.3. The molecule has 0 unspecified atom stereocenters. The van der Waals surface area contributed by atoms with Gasteiger partial charge in [0.2, 0.25) is 11.8 Å². The molecule has 0 saturated heterocycles. The number of hydrogen-bond donors (Lipinski definition) is 1. The molecule has 2 saturated carbocycles. The van der Waals surface area contributed by atoms with Gasteiger partial charge in [0.15, 0.2) is 0 Å². The Labute approximate surface area is 184 Å². The number of fused-ring (bicyclic) bond motifs is 1. The molecule has 5 rings (SSSR count). The Bertz CT molecular complexity index is 951. The van der Waals surface area contributed by atoms with Gasteiger partial charge >= 0.3 is 0 Å². The minimum absolute atomic E-state index is 0.130. The van der Waals surface area contributed by atoms with Crippen LogP contribution in [0.15, 0.2) is 34.7 Å². The van der Waals surface area contributed by atoms with Crippen LogP contribution in [0.3, 0.4) is 0 Å². The maximum atomic E-state index is 13.0. The van der Waals surface area contributed by atoms with Crippen LogP contribution in [-0.4, -0.2) is 23.3 Å². The fourth-order valence-electron chi connectivity index (χ4n) is 5.45. The van der Waals surface area contributed by atoms with Crippen LogP contribution in [0.5, 0.6) is 0 Å². The Morgan fingerprint density at radius 1 is 0.935 bits per heavy atom. The largest absolute Gasteiger partial charge is 0.461 e. The van der Waals surface area contributed by atoms with Crippen molar-refractivity contribution in [2.45, 2.75) is 70.8 Å². The average molecular weight is 421 g/mol. The minimum atomic E-state index is 0.130. The molecule has 164 valence electrons. The number of furan rings is 1. The lowest BCUT2D eigenvalue weighted by atomic mass is 9.88. The van der Waals surface area contributed by atoms with Gasteiger partial charge in [-0.2, -0.15) is 0 Å². The van der Waals surface area contributed by atoms with E-state index in [-0.39, 0.29) is 17.7 Å². The summed E-state index contributed by atoms with van der Waals surface area (Å²) in [5.41, 5.74) is 2.90. The summed E-state index contributed by atoms with van der Waals surface area (Å²) in [6.45, 7) is 1.39. The number of carbonyl (C=O) groups excluding carboxylic acids is 2. The lowest BCUT2D eigenvalue weighted by Gasteiger charge is -2.31. The third kappa shape index (κ3) is 4.41. The number of carbonyl (C=O) groups is 2. The third-order valence-corrected chi connectivity index (χ3v) is 7.27. The number of hydrogen-bond acceptors (Lipinski definition) is 3. The van der Waals surface area contributed by atoms with Gasteiger partial charge in [-0.05, 0) is 43.9 Å². The van der Waals surface area contributed by atoms with E-state index in [2.05, 4.69) is 11.4 Å². The van der Waals surface area contributed by atoms with Crippen molar-refractivity contribution < 1.29 is 14.0 Å². The fraction of sp³-hybridized carbons (Fsp3) is 0.538. The third-order valence-electron chi connectivity index (χ3n) is 7.27. The van der Waals surface area contributed by atoms with E-state index in [1.165, 1.54) is 19.3 Å². The first-order valence-electron chi connectivity index (χ1n) is 12.0. The zero-order valence-corrected chi connectivity index (χ0v) is 18.2. The molecule has 31 heavy (non-hydrogen) atoms. The molecular formula is C26H32N2O3. The highest BCUT2D eigenvalue weighted by molar-refractivity contribution is 5.93. The highest BCUT2D eigenvalue weighted by Gasteiger charge is 2.30.